The van der Waals surface area contributed by atoms with E-state index >= 15 is 0 Å². The molecule has 0 spiro atoms. The van der Waals surface area contributed by atoms with Gasteiger partial charge in [0.05, 0.1) is 0 Å². The van der Waals surface area contributed by atoms with Crippen LogP contribution in [0.15, 0.2) is 54.6 Å². The van der Waals surface area contributed by atoms with Gasteiger partial charge in [-0.15, -0.1) is 0 Å². The first-order valence-electron chi connectivity index (χ1n) is 9.45. The number of benzene rings is 2. The number of hydrogen-bond acceptors (Lipinski definition) is 3. The van der Waals surface area contributed by atoms with Crippen LogP contribution in [0.2, 0.25) is 0 Å². The SMILES string of the molecule is CCCCCCCCCc1cccc(OP(=O)(O)Oc2ccccc2)c1. The summed E-state index contributed by atoms with van der Waals surface area (Å²) in [6.45, 7) is 2.23. The second-order valence-electron chi connectivity index (χ2n) is 6.48. The van der Waals surface area contributed by atoms with E-state index in [4.69, 9.17) is 9.05 Å². The zero-order valence-electron chi connectivity index (χ0n) is 15.5. The van der Waals surface area contributed by atoms with Crippen molar-refractivity contribution in [1.82, 2.24) is 0 Å². The van der Waals surface area contributed by atoms with Crippen LogP contribution in [0.4, 0.5) is 0 Å². The van der Waals surface area contributed by atoms with Gasteiger partial charge in [0, 0.05) is 0 Å². The number of unbranched alkanes of at least 4 members (excludes halogenated alkanes) is 6. The Morgan fingerprint density at radius 3 is 2.15 bits per heavy atom. The van der Waals surface area contributed by atoms with Crippen LogP contribution >= 0.6 is 7.82 Å². The van der Waals surface area contributed by atoms with E-state index in [1.165, 1.54) is 38.5 Å². The highest BCUT2D eigenvalue weighted by Gasteiger charge is 2.25. The lowest BCUT2D eigenvalue weighted by Crippen LogP contribution is -2.00. The number of hydrogen-bond donors (Lipinski definition) is 1. The van der Waals surface area contributed by atoms with Crippen LogP contribution in [0.1, 0.15) is 57.4 Å². The molecule has 0 fully saturated rings. The number of phosphoric acid groups is 1. The van der Waals surface area contributed by atoms with E-state index in [0.717, 1.165) is 18.4 Å². The molecule has 1 unspecified atom stereocenters. The van der Waals surface area contributed by atoms with Crippen LogP contribution < -0.4 is 9.05 Å². The normalized spacial score (nSPS) is 13.2. The minimum atomic E-state index is -4.20. The quantitative estimate of drug-likeness (QED) is 0.338. The van der Waals surface area contributed by atoms with Crippen molar-refractivity contribution in [2.45, 2.75) is 58.3 Å². The van der Waals surface area contributed by atoms with Crippen molar-refractivity contribution in [3.8, 4) is 11.5 Å². The Morgan fingerprint density at radius 2 is 1.42 bits per heavy atom. The number of aryl methyl sites for hydroxylation is 1. The van der Waals surface area contributed by atoms with E-state index in [1.54, 1.807) is 30.3 Å². The lowest BCUT2D eigenvalue weighted by molar-refractivity contribution is 0.291. The fraction of sp³-hybridized carbons (Fsp3) is 0.429. The van der Waals surface area contributed by atoms with Crippen molar-refractivity contribution in [2.75, 3.05) is 0 Å². The first-order valence-corrected chi connectivity index (χ1v) is 10.9. The summed E-state index contributed by atoms with van der Waals surface area (Å²) in [5, 5.41) is 0. The van der Waals surface area contributed by atoms with Crippen molar-refractivity contribution in [3.63, 3.8) is 0 Å². The maximum atomic E-state index is 12.2. The van der Waals surface area contributed by atoms with Crippen molar-refractivity contribution in [2.24, 2.45) is 0 Å². The van der Waals surface area contributed by atoms with Crippen molar-refractivity contribution >= 4 is 7.82 Å². The van der Waals surface area contributed by atoms with E-state index in [2.05, 4.69) is 6.92 Å². The standard InChI is InChI=1S/C21H29O4P/c1-2-3-4-5-6-7-9-13-19-14-12-17-21(18-19)25-26(22,23)24-20-15-10-8-11-16-20/h8,10-12,14-18H,2-7,9,13H2,1H3,(H,22,23). The first kappa shape index (κ1) is 20.5. The van der Waals surface area contributed by atoms with E-state index in [9.17, 15) is 9.46 Å². The highest BCUT2D eigenvalue weighted by atomic mass is 31.2. The predicted molar refractivity (Wildman–Crippen MR) is 106 cm³/mol. The van der Waals surface area contributed by atoms with Gasteiger partial charge >= 0.3 is 7.82 Å². The Bertz CT molecular complexity index is 687. The zero-order chi connectivity index (χ0) is 18.7. The lowest BCUT2D eigenvalue weighted by Gasteiger charge is -2.14. The van der Waals surface area contributed by atoms with E-state index < -0.39 is 7.82 Å². The Labute approximate surface area is 156 Å². The smallest absolute Gasteiger partial charge is 0.395 e. The second-order valence-corrected chi connectivity index (χ2v) is 7.79. The van der Waals surface area contributed by atoms with Gasteiger partial charge in [-0.1, -0.05) is 75.8 Å². The van der Waals surface area contributed by atoms with E-state index in [-0.39, 0.29) is 0 Å². The lowest BCUT2D eigenvalue weighted by atomic mass is 10.0. The number of para-hydroxylation sites is 1. The van der Waals surface area contributed by atoms with Crippen molar-refractivity contribution < 1.29 is 18.5 Å². The zero-order valence-corrected chi connectivity index (χ0v) is 16.4. The third kappa shape index (κ3) is 8.07. The molecule has 0 saturated carbocycles. The van der Waals surface area contributed by atoms with Crippen LogP contribution in [0.3, 0.4) is 0 Å². The fourth-order valence-electron chi connectivity index (χ4n) is 2.81. The van der Waals surface area contributed by atoms with Gasteiger partial charge in [-0.05, 0) is 42.7 Å². The topological polar surface area (TPSA) is 55.8 Å². The maximum absolute atomic E-state index is 12.2. The second kappa shape index (κ2) is 11.1. The first-order chi connectivity index (χ1) is 12.6. The maximum Gasteiger partial charge on any atom is 0.584 e. The van der Waals surface area contributed by atoms with Crippen LogP contribution in [0.5, 0.6) is 11.5 Å². The van der Waals surface area contributed by atoms with Gasteiger partial charge in [0.15, 0.2) is 0 Å². The average Bonchev–Trinajstić information content (AvgIpc) is 2.61. The third-order valence-electron chi connectivity index (χ3n) is 4.15. The van der Waals surface area contributed by atoms with Gasteiger partial charge in [0.2, 0.25) is 0 Å². The third-order valence-corrected chi connectivity index (χ3v) is 5.04. The molecule has 26 heavy (non-hydrogen) atoms. The summed E-state index contributed by atoms with van der Waals surface area (Å²) in [6.07, 6.45) is 9.78. The molecule has 2 aromatic rings. The molecule has 0 radical (unpaired) electrons. The van der Waals surface area contributed by atoms with Gasteiger partial charge in [-0.25, -0.2) is 4.57 Å². The van der Waals surface area contributed by atoms with E-state index in [1.807, 2.05) is 24.3 Å². The Balaban J connectivity index is 1.79. The molecule has 0 aliphatic rings. The van der Waals surface area contributed by atoms with Gasteiger partial charge in [0.1, 0.15) is 11.5 Å². The van der Waals surface area contributed by atoms with Crippen molar-refractivity contribution in [1.29, 1.82) is 0 Å². The molecule has 2 rings (SSSR count). The Morgan fingerprint density at radius 1 is 0.808 bits per heavy atom. The Kier molecular flexibility index (Phi) is 8.73. The van der Waals surface area contributed by atoms with Gasteiger partial charge < -0.3 is 9.05 Å². The fourth-order valence-corrected chi connectivity index (χ4v) is 3.62. The molecule has 0 aliphatic heterocycles. The van der Waals surface area contributed by atoms with Crippen LogP contribution in [-0.2, 0) is 11.0 Å². The summed E-state index contributed by atoms with van der Waals surface area (Å²) in [6, 6.07) is 15.9. The van der Waals surface area contributed by atoms with Gasteiger partial charge in [-0.2, -0.15) is 0 Å². The number of rotatable bonds is 12. The summed E-state index contributed by atoms with van der Waals surface area (Å²) >= 11 is 0. The van der Waals surface area contributed by atoms with Crippen molar-refractivity contribution in [3.05, 3.63) is 60.2 Å². The monoisotopic (exact) mass is 376 g/mol. The molecule has 0 bridgehead atoms. The average molecular weight is 376 g/mol. The minimum absolute atomic E-state index is 0.303. The molecule has 0 aromatic heterocycles. The largest absolute Gasteiger partial charge is 0.584 e. The summed E-state index contributed by atoms with van der Waals surface area (Å²) in [5.41, 5.74) is 1.11. The molecule has 0 aliphatic carbocycles. The van der Waals surface area contributed by atoms with Gasteiger partial charge in [0.25, 0.3) is 0 Å². The predicted octanol–water partition coefficient (Wildman–Crippen LogP) is 6.54. The molecular weight excluding hydrogens is 347 g/mol. The molecule has 1 atom stereocenters. The molecule has 0 saturated heterocycles. The summed E-state index contributed by atoms with van der Waals surface area (Å²) in [5.74, 6) is 0.657. The molecule has 4 nitrogen and oxygen atoms in total. The molecule has 0 amide bonds. The molecule has 2 aromatic carbocycles. The van der Waals surface area contributed by atoms with Crippen LogP contribution in [0.25, 0.3) is 0 Å². The van der Waals surface area contributed by atoms with E-state index in [0.29, 0.717) is 11.5 Å². The molecule has 1 N–H and O–H groups in total. The number of phosphoric ester groups is 1. The minimum Gasteiger partial charge on any atom is -0.395 e. The molecule has 142 valence electrons. The highest BCUT2D eigenvalue weighted by Crippen LogP contribution is 2.44. The van der Waals surface area contributed by atoms with Gasteiger partial charge in [-0.3, -0.25) is 4.89 Å². The summed E-state index contributed by atoms with van der Waals surface area (Å²) in [7, 11) is -4.20. The highest BCUT2D eigenvalue weighted by molar-refractivity contribution is 7.48. The molecule has 5 heteroatoms. The molecular formula is C21H29O4P. The van der Waals surface area contributed by atoms with Crippen LogP contribution in [-0.4, -0.2) is 4.89 Å². The summed E-state index contributed by atoms with van der Waals surface area (Å²) < 4.78 is 22.4. The molecule has 0 heterocycles. The summed E-state index contributed by atoms with van der Waals surface area (Å²) in [4.78, 5) is 9.94. The van der Waals surface area contributed by atoms with Crippen LogP contribution in [0, 0.1) is 0 Å². The Hall–Kier alpha value is -1.77.